The minimum Gasteiger partial charge on any atom is -0.468 e. The van der Waals surface area contributed by atoms with E-state index in [0.29, 0.717) is 6.08 Å². The van der Waals surface area contributed by atoms with Gasteiger partial charge in [0.2, 0.25) is 0 Å². The van der Waals surface area contributed by atoms with Gasteiger partial charge in [-0.25, -0.2) is 8.42 Å². The number of sulfone groups is 1. The van der Waals surface area contributed by atoms with E-state index in [1.165, 1.54) is 0 Å². The molecule has 11 heteroatoms. The first kappa shape index (κ1) is 19.7. The van der Waals surface area contributed by atoms with Crippen molar-refractivity contribution >= 4 is 15.8 Å². The summed E-state index contributed by atoms with van der Waals surface area (Å²) >= 11 is 0. The van der Waals surface area contributed by atoms with Crippen molar-refractivity contribution in [2.24, 2.45) is 0 Å². The molecular weight excluding hydrogens is 330 g/mol. The molecule has 124 valence electrons. The maximum Gasteiger partial charge on any atom is 0.409 e. The molecule has 0 saturated carbocycles. The highest BCUT2D eigenvalue weighted by atomic mass is 32.2. The van der Waals surface area contributed by atoms with Gasteiger partial charge in [-0.2, -0.15) is 26.3 Å². The summed E-state index contributed by atoms with van der Waals surface area (Å²) in [7, 11) is -3.82. The van der Waals surface area contributed by atoms with Gasteiger partial charge in [0.25, 0.3) is 0 Å². The molecule has 1 atom stereocenters. The molecule has 0 aromatic carbocycles. The minimum atomic E-state index is -4.77. The van der Waals surface area contributed by atoms with Crippen molar-refractivity contribution in [3.8, 4) is 0 Å². The van der Waals surface area contributed by atoms with Crippen molar-refractivity contribution in [3.05, 3.63) is 12.2 Å². The second-order valence-electron chi connectivity index (χ2n) is 3.92. The fraction of sp³-hybridized carbons (Fsp3) is 0.700. The predicted molar refractivity (Wildman–Crippen MR) is 60.1 cm³/mol. The molecule has 4 nitrogen and oxygen atoms in total. The van der Waals surface area contributed by atoms with Crippen molar-refractivity contribution in [2.75, 3.05) is 12.9 Å². The summed E-state index contributed by atoms with van der Waals surface area (Å²) in [6.45, 7) is 0. The molecule has 0 aliphatic rings. The Morgan fingerprint density at radius 2 is 1.71 bits per heavy atom. The fourth-order valence-corrected chi connectivity index (χ4v) is 2.84. The van der Waals surface area contributed by atoms with Gasteiger partial charge in [-0.1, -0.05) is 6.08 Å². The molecular formula is C10H12F6O4S. The van der Waals surface area contributed by atoms with Crippen LogP contribution in [0.1, 0.15) is 12.8 Å². The molecule has 0 rings (SSSR count). The lowest BCUT2D eigenvalue weighted by molar-refractivity contribution is -0.140. The maximum atomic E-state index is 12.0. The highest BCUT2D eigenvalue weighted by Gasteiger charge is 2.37. The predicted octanol–water partition coefficient (Wildman–Crippen LogP) is 2.40. The van der Waals surface area contributed by atoms with Gasteiger partial charge in [-0.15, -0.1) is 0 Å². The zero-order valence-electron chi connectivity index (χ0n) is 10.7. The lowest BCUT2D eigenvalue weighted by Crippen LogP contribution is -2.34. The van der Waals surface area contributed by atoms with Crippen LogP contribution in [0.15, 0.2) is 12.2 Å². The Kier molecular flexibility index (Phi) is 6.71. The number of allylic oxidation sites excluding steroid dienone is 2. The molecule has 0 saturated heterocycles. The number of hydrogen-bond donors (Lipinski definition) is 0. The normalized spacial score (nSPS) is 15.2. The third kappa shape index (κ3) is 8.58. The van der Waals surface area contributed by atoms with Gasteiger partial charge in [0.05, 0.1) is 19.3 Å². The van der Waals surface area contributed by atoms with Crippen LogP contribution in [0.4, 0.5) is 26.3 Å². The molecule has 0 aliphatic heterocycles. The van der Waals surface area contributed by atoms with Gasteiger partial charge < -0.3 is 4.74 Å². The monoisotopic (exact) mass is 342 g/mol. The first-order valence-electron chi connectivity index (χ1n) is 5.39. The van der Waals surface area contributed by atoms with Crippen LogP contribution in [0, 0.1) is 0 Å². The second kappa shape index (κ2) is 7.14. The lowest BCUT2D eigenvalue weighted by atomic mass is 10.3. The van der Waals surface area contributed by atoms with Crippen LogP contribution >= 0.6 is 0 Å². The highest BCUT2D eigenvalue weighted by Crippen LogP contribution is 2.23. The molecule has 0 N–H and O–H groups in total. The number of rotatable bonds is 6. The van der Waals surface area contributed by atoms with E-state index in [0.717, 1.165) is 7.11 Å². The zero-order valence-corrected chi connectivity index (χ0v) is 11.5. The number of methoxy groups -OCH3 is 1. The van der Waals surface area contributed by atoms with E-state index >= 15 is 0 Å². The quantitative estimate of drug-likeness (QED) is 0.423. The first-order chi connectivity index (χ1) is 9.28. The third-order valence-corrected chi connectivity index (χ3v) is 4.25. The molecule has 0 bridgehead atoms. The Bertz CT molecular complexity index is 477. The van der Waals surface area contributed by atoms with Gasteiger partial charge in [-0.05, 0) is 6.42 Å². The average molecular weight is 342 g/mol. The topological polar surface area (TPSA) is 60.4 Å². The second-order valence-corrected chi connectivity index (χ2v) is 6.23. The minimum absolute atomic E-state index is 0.303. The Labute approximate surface area is 116 Å². The molecule has 0 amide bonds. The molecule has 0 radical (unpaired) electrons. The van der Waals surface area contributed by atoms with Gasteiger partial charge >= 0.3 is 18.3 Å². The van der Waals surface area contributed by atoms with Crippen LogP contribution in [-0.2, 0) is 19.4 Å². The molecule has 0 aromatic heterocycles. The largest absolute Gasteiger partial charge is 0.468 e. The number of esters is 1. The van der Waals surface area contributed by atoms with Crippen LogP contribution < -0.4 is 0 Å². The number of carbonyl (C=O) groups is 1. The van der Waals surface area contributed by atoms with Gasteiger partial charge in [0.1, 0.15) is 0 Å². The highest BCUT2D eigenvalue weighted by molar-refractivity contribution is 7.92. The Balaban J connectivity index is 5.06. The van der Waals surface area contributed by atoms with E-state index in [1.54, 1.807) is 0 Å². The molecule has 1 unspecified atom stereocenters. The van der Waals surface area contributed by atoms with Crippen LogP contribution in [0.2, 0.25) is 0 Å². The van der Waals surface area contributed by atoms with Crippen LogP contribution in [0.3, 0.4) is 0 Å². The molecule has 0 heterocycles. The number of ether oxygens (including phenoxy) is 1. The maximum absolute atomic E-state index is 12.0. The molecule has 0 fully saturated rings. The van der Waals surface area contributed by atoms with Crippen molar-refractivity contribution < 1.29 is 44.3 Å². The summed E-state index contributed by atoms with van der Waals surface area (Å²) in [5.74, 6) is -2.82. The first-order valence-corrected chi connectivity index (χ1v) is 7.10. The van der Waals surface area contributed by atoms with Crippen LogP contribution in [0.25, 0.3) is 0 Å². The van der Waals surface area contributed by atoms with E-state index in [-0.39, 0.29) is 6.08 Å². The number of carbonyl (C=O) groups excluding carboxylic acids is 1. The SMILES string of the molecule is COC(=O)C(CC=CC(F)(F)F)S(=O)(=O)CCC(F)(F)F. The van der Waals surface area contributed by atoms with Gasteiger partial charge in [-0.3, -0.25) is 4.79 Å². The van der Waals surface area contributed by atoms with Crippen molar-refractivity contribution in [2.45, 2.75) is 30.4 Å². The summed E-state index contributed by atoms with van der Waals surface area (Å²) in [4.78, 5) is 11.2. The summed E-state index contributed by atoms with van der Waals surface area (Å²) in [6, 6.07) is 0. The summed E-state index contributed by atoms with van der Waals surface area (Å²) in [5, 5.41) is -2.11. The standard InChI is InChI=1S/C10H12F6O4S/c1-20-8(17)7(3-2-4-9(11,12)13)21(18,19)6-5-10(14,15)16/h2,4,7H,3,5-6H2,1H3. The molecule has 21 heavy (non-hydrogen) atoms. The van der Waals surface area contributed by atoms with E-state index < -0.39 is 52.0 Å². The lowest BCUT2D eigenvalue weighted by Gasteiger charge is -2.14. The van der Waals surface area contributed by atoms with Gasteiger partial charge in [0.15, 0.2) is 15.1 Å². The Morgan fingerprint density at radius 1 is 1.19 bits per heavy atom. The molecule has 0 aliphatic carbocycles. The molecule has 0 aromatic rings. The summed E-state index contributed by atoms with van der Waals surface area (Å²) < 4.78 is 99.0. The van der Waals surface area contributed by atoms with Crippen LogP contribution in [-0.4, -0.2) is 44.9 Å². The zero-order chi connectivity index (χ0) is 16.9. The number of halogens is 6. The van der Waals surface area contributed by atoms with Crippen molar-refractivity contribution in [1.82, 2.24) is 0 Å². The smallest absolute Gasteiger partial charge is 0.409 e. The molecule has 0 spiro atoms. The summed E-state index contributed by atoms with van der Waals surface area (Å²) in [6.07, 6.45) is -12.1. The number of hydrogen-bond acceptors (Lipinski definition) is 4. The van der Waals surface area contributed by atoms with Crippen molar-refractivity contribution in [1.29, 1.82) is 0 Å². The van der Waals surface area contributed by atoms with E-state index in [2.05, 4.69) is 4.74 Å². The van der Waals surface area contributed by atoms with Crippen molar-refractivity contribution in [3.63, 3.8) is 0 Å². The summed E-state index contributed by atoms with van der Waals surface area (Å²) in [5.41, 5.74) is 0. The van der Waals surface area contributed by atoms with E-state index in [9.17, 15) is 39.6 Å². The van der Waals surface area contributed by atoms with E-state index in [1.807, 2.05) is 0 Å². The van der Waals surface area contributed by atoms with Gasteiger partial charge in [0, 0.05) is 6.08 Å². The Hall–Kier alpha value is -1.26. The average Bonchev–Trinajstić information content (AvgIpc) is 2.29. The third-order valence-electron chi connectivity index (χ3n) is 2.22. The van der Waals surface area contributed by atoms with E-state index in [4.69, 9.17) is 0 Å². The fourth-order valence-electron chi connectivity index (χ4n) is 1.25. The van der Waals surface area contributed by atoms with Crippen LogP contribution in [0.5, 0.6) is 0 Å². The number of alkyl halides is 6. The Morgan fingerprint density at radius 3 is 2.10 bits per heavy atom.